The number of anilines is 1. The molecule has 0 aromatic heterocycles. The Hall–Kier alpha value is -3.40. The summed E-state index contributed by atoms with van der Waals surface area (Å²) in [5.74, 6) is -1.82. The third kappa shape index (κ3) is 5.32. The molecule has 0 radical (unpaired) electrons. The Kier molecular flexibility index (Phi) is 6.60. The molecular weight excluding hydrogens is 398 g/mol. The summed E-state index contributed by atoms with van der Waals surface area (Å²) in [6, 6.07) is 11.1. The third-order valence-corrected chi connectivity index (χ3v) is 5.81. The molecule has 0 unspecified atom stereocenters. The first kappa shape index (κ1) is 21.9. The Morgan fingerprint density at radius 1 is 1.10 bits per heavy atom. The first-order chi connectivity index (χ1) is 13.5. The lowest BCUT2D eigenvalue weighted by atomic mass is 10.2. The summed E-state index contributed by atoms with van der Waals surface area (Å²) in [4.78, 5) is 34.5. The minimum atomic E-state index is -3.94. The number of nitrogens with two attached hydrogens (primary N) is 1. The average Bonchev–Trinajstić information content (AvgIpc) is 2.67. The van der Waals surface area contributed by atoms with Crippen molar-refractivity contribution in [3.8, 4) is 0 Å². The number of urea groups is 1. The zero-order chi connectivity index (χ0) is 21.8. The second-order valence-electron chi connectivity index (χ2n) is 6.24. The standard InChI is InChI=1S/C19H21N3O6S/c1-12-7-9-15(10-8-12)22(3)29(26,27)16-6-4-5-14(11-16)18(24)28-13(2)17(23)21-19(20)25/h4-11,13H,1-3H3,(H3,20,21,23,25)/t13-/m0/s1. The van der Waals surface area contributed by atoms with E-state index in [-0.39, 0.29) is 10.5 Å². The molecule has 2 aromatic rings. The molecule has 0 aliphatic heterocycles. The van der Waals surface area contributed by atoms with Crippen LogP contribution in [0, 0.1) is 6.92 Å². The van der Waals surface area contributed by atoms with Gasteiger partial charge in [-0.15, -0.1) is 0 Å². The van der Waals surface area contributed by atoms with E-state index in [9.17, 15) is 22.8 Å². The van der Waals surface area contributed by atoms with Crippen LogP contribution >= 0.6 is 0 Å². The number of hydrogen-bond donors (Lipinski definition) is 2. The molecule has 0 spiro atoms. The largest absolute Gasteiger partial charge is 0.449 e. The molecule has 0 fully saturated rings. The van der Waals surface area contributed by atoms with Crippen LogP contribution in [0.2, 0.25) is 0 Å². The molecule has 0 heterocycles. The Morgan fingerprint density at radius 2 is 1.72 bits per heavy atom. The van der Waals surface area contributed by atoms with E-state index < -0.39 is 34.0 Å². The van der Waals surface area contributed by atoms with Gasteiger partial charge < -0.3 is 10.5 Å². The SMILES string of the molecule is Cc1ccc(N(C)S(=O)(=O)c2cccc(C(=O)O[C@@H](C)C(=O)NC(N)=O)c2)cc1. The van der Waals surface area contributed by atoms with Crippen molar-refractivity contribution >= 4 is 33.6 Å². The van der Waals surface area contributed by atoms with Crippen LogP contribution in [0.15, 0.2) is 53.4 Å². The van der Waals surface area contributed by atoms with Gasteiger partial charge in [0.1, 0.15) is 0 Å². The van der Waals surface area contributed by atoms with E-state index in [0.717, 1.165) is 15.9 Å². The van der Waals surface area contributed by atoms with E-state index in [1.54, 1.807) is 29.6 Å². The maximum Gasteiger partial charge on any atom is 0.338 e. The van der Waals surface area contributed by atoms with E-state index in [0.29, 0.717) is 5.69 Å². The molecule has 9 nitrogen and oxygen atoms in total. The zero-order valence-corrected chi connectivity index (χ0v) is 16.9. The van der Waals surface area contributed by atoms with Crippen LogP contribution in [0.5, 0.6) is 0 Å². The number of primary amides is 1. The zero-order valence-electron chi connectivity index (χ0n) is 16.1. The summed E-state index contributed by atoms with van der Waals surface area (Å²) < 4.78 is 31.9. The van der Waals surface area contributed by atoms with E-state index in [4.69, 9.17) is 10.5 Å². The molecule has 0 aliphatic carbocycles. The molecule has 3 N–H and O–H groups in total. The Morgan fingerprint density at radius 3 is 2.31 bits per heavy atom. The first-order valence-corrected chi connectivity index (χ1v) is 9.93. The molecule has 154 valence electrons. The molecule has 10 heteroatoms. The van der Waals surface area contributed by atoms with Gasteiger partial charge in [-0.25, -0.2) is 18.0 Å². The summed E-state index contributed by atoms with van der Waals surface area (Å²) in [5.41, 5.74) is 6.22. The summed E-state index contributed by atoms with van der Waals surface area (Å²) in [6.07, 6.45) is -1.30. The van der Waals surface area contributed by atoms with Gasteiger partial charge in [0.15, 0.2) is 6.10 Å². The number of hydrogen-bond acceptors (Lipinski definition) is 6. The lowest BCUT2D eigenvalue weighted by Gasteiger charge is -2.20. The molecule has 0 saturated carbocycles. The van der Waals surface area contributed by atoms with Crippen LogP contribution in [-0.2, 0) is 19.6 Å². The third-order valence-electron chi connectivity index (χ3n) is 4.03. The monoisotopic (exact) mass is 419 g/mol. The number of benzene rings is 2. The quantitative estimate of drug-likeness (QED) is 0.682. The van der Waals surface area contributed by atoms with Crippen molar-refractivity contribution in [1.29, 1.82) is 0 Å². The predicted molar refractivity (Wildman–Crippen MR) is 106 cm³/mol. The van der Waals surface area contributed by atoms with Gasteiger partial charge in [-0.05, 0) is 44.2 Å². The van der Waals surface area contributed by atoms with Crippen LogP contribution in [-0.4, -0.2) is 39.5 Å². The molecule has 0 aliphatic rings. The number of ether oxygens (including phenoxy) is 1. The summed E-state index contributed by atoms with van der Waals surface area (Å²) in [5, 5.41) is 1.79. The van der Waals surface area contributed by atoms with Crippen molar-refractivity contribution in [2.75, 3.05) is 11.4 Å². The van der Waals surface area contributed by atoms with Crippen molar-refractivity contribution in [3.63, 3.8) is 0 Å². The van der Waals surface area contributed by atoms with Crippen LogP contribution in [0.3, 0.4) is 0 Å². The Labute approximate surface area is 168 Å². The van der Waals surface area contributed by atoms with Gasteiger partial charge in [-0.2, -0.15) is 0 Å². The fourth-order valence-electron chi connectivity index (χ4n) is 2.34. The molecule has 0 bridgehead atoms. The van der Waals surface area contributed by atoms with Crippen LogP contribution < -0.4 is 15.4 Å². The van der Waals surface area contributed by atoms with Crippen molar-refractivity contribution in [1.82, 2.24) is 5.32 Å². The number of carbonyl (C=O) groups is 3. The maximum atomic E-state index is 12.9. The second kappa shape index (κ2) is 8.74. The van der Waals surface area contributed by atoms with Crippen molar-refractivity contribution < 1.29 is 27.5 Å². The summed E-state index contributed by atoms with van der Waals surface area (Å²) in [6.45, 7) is 3.14. The van der Waals surface area contributed by atoms with Gasteiger partial charge in [-0.1, -0.05) is 23.8 Å². The number of esters is 1. The highest BCUT2D eigenvalue weighted by molar-refractivity contribution is 7.92. The summed E-state index contributed by atoms with van der Waals surface area (Å²) >= 11 is 0. The van der Waals surface area contributed by atoms with Crippen molar-refractivity contribution in [3.05, 3.63) is 59.7 Å². The number of aryl methyl sites for hydroxylation is 1. The molecule has 2 aromatic carbocycles. The molecule has 1 atom stereocenters. The summed E-state index contributed by atoms with van der Waals surface area (Å²) in [7, 11) is -2.53. The van der Waals surface area contributed by atoms with E-state index in [1.165, 1.54) is 32.2 Å². The Balaban J connectivity index is 2.23. The molecule has 29 heavy (non-hydrogen) atoms. The maximum absolute atomic E-state index is 12.9. The highest BCUT2D eigenvalue weighted by atomic mass is 32.2. The number of nitrogens with one attached hydrogen (secondary N) is 1. The minimum absolute atomic E-state index is 0.0675. The van der Waals surface area contributed by atoms with Crippen LogP contribution in [0.25, 0.3) is 0 Å². The van der Waals surface area contributed by atoms with Crippen LogP contribution in [0.4, 0.5) is 10.5 Å². The van der Waals surface area contributed by atoms with Gasteiger partial charge >= 0.3 is 12.0 Å². The number of carbonyl (C=O) groups excluding carboxylic acids is 3. The minimum Gasteiger partial charge on any atom is -0.449 e. The number of imide groups is 1. The van der Waals surface area contributed by atoms with Gasteiger partial charge in [0.25, 0.3) is 15.9 Å². The van der Waals surface area contributed by atoms with E-state index in [1.807, 2.05) is 6.92 Å². The molecule has 0 saturated heterocycles. The lowest BCUT2D eigenvalue weighted by molar-refractivity contribution is -0.127. The smallest absolute Gasteiger partial charge is 0.338 e. The van der Waals surface area contributed by atoms with Crippen molar-refractivity contribution in [2.24, 2.45) is 5.73 Å². The molecular formula is C19H21N3O6S. The number of nitrogens with zero attached hydrogens (tertiary/aromatic N) is 1. The van der Waals surface area contributed by atoms with Gasteiger partial charge in [0.2, 0.25) is 0 Å². The lowest BCUT2D eigenvalue weighted by Crippen LogP contribution is -2.42. The number of sulfonamides is 1. The predicted octanol–water partition coefficient (Wildman–Crippen LogP) is 1.56. The highest BCUT2D eigenvalue weighted by Gasteiger charge is 2.24. The topological polar surface area (TPSA) is 136 Å². The van der Waals surface area contributed by atoms with Crippen LogP contribution in [0.1, 0.15) is 22.8 Å². The second-order valence-corrected chi connectivity index (χ2v) is 8.21. The average molecular weight is 419 g/mol. The van der Waals surface area contributed by atoms with E-state index in [2.05, 4.69) is 0 Å². The van der Waals surface area contributed by atoms with Gasteiger partial charge in [-0.3, -0.25) is 14.4 Å². The number of amides is 3. The normalized spacial score (nSPS) is 12.0. The molecule has 2 rings (SSSR count). The van der Waals surface area contributed by atoms with E-state index >= 15 is 0 Å². The van der Waals surface area contributed by atoms with Gasteiger partial charge in [0.05, 0.1) is 16.1 Å². The van der Waals surface area contributed by atoms with Crippen molar-refractivity contribution in [2.45, 2.75) is 24.8 Å². The molecule has 3 amide bonds. The highest BCUT2D eigenvalue weighted by Crippen LogP contribution is 2.23. The number of rotatable bonds is 6. The fourth-order valence-corrected chi connectivity index (χ4v) is 3.58. The Bertz CT molecular complexity index is 1030. The first-order valence-electron chi connectivity index (χ1n) is 8.49. The fraction of sp³-hybridized carbons (Fsp3) is 0.211. The van der Waals surface area contributed by atoms with Gasteiger partial charge in [0, 0.05) is 7.05 Å².